The van der Waals surface area contributed by atoms with Gasteiger partial charge in [0.2, 0.25) is 0 Å². The van der Waals surface area contributed by atoms with Gasteiger partial charge in [0, 0.05) is 44.3 Å². The monoisotopic (exact) mass is 302 g/mol. The number of nitrogens with one attached hydrogen (secondary N) is 3. The number of benzene rings is 1. The van der Waals surface area contributed by atoms with E-state index in [2.05, 4.69) is 45.0 Å². The summed E-state index contributed by atoms with van der Waals surface area (Å²) in [7, 11) is 3.50. The zero-order chi connectivity index (χ0) is 16.0. The number of guanidine groups is 1. The second-order valence-corrected chi connectivity index (χ2v) is 5.93. The Hall–Kier alpha value is -2.01. The number of rotatable bonds is 6. The molecule has 0 bridgehead atoms. The molecule has 2 aromatic rings. The van der Waals surface area contributed by atoms with Gasteiger partial charge in [0.05, 0.1) is 5.60 Å². The number of ether oxygens (including phenoxy) is 1. The first-order chi connectivity index (χ1) is 10.6. The van der Waals surface area contributed by atoms with Crippen LogP contribution in [0.2, 0.25) is 0 Å². The van der Waals surface area contributed by atoms with Crippen LogP contribution in [0.15, 0.2) is 35.5 Å². The van der Waals surface area contributed by atoms with E-state index in [4.69, 9.17) is 4.74 Å². The second-order valence-electron chi connectivity index (χ2n) is 5.93. The summed E-state index contributed by atoms with van der Waals surface area (Å²) in [6, 6.07) is 8.36. The van der Waals surface area contributed by atoms with Crippen LogP contribution in [-0.2, 0) is 11.2 Å². The number of hydrogen-bond acceptors (Lipinski definition) is 2. The van der Waals surface area contributed by atoms with Crippen molar-refractivity contribution in [1.29, 1.82) is 0 Å². The van der Waals surface area contributed by atoms with E-state index >= 15 is 0 Å². The maximum absolute atomic E-state index is 5.39. The van der Waals surface area contributed by atoms with Gasteiger partial charge >= 0.3 is 0 Å². The summed E-state index contributed by atoms with van der Waals surface area (Å²) < 4.78 is 5.39. The third kappa shape index (κ3) is 4.24. The predicted octanol–water partition coefficient (Wildman–Crippen LogP) is 2.30. The molecule has 120 valence electrons. The Morgan fingerprint density at radius 1 is 1.27 bits per heavy atom. The molecule has 0 spiro atoms. The smallest absolute Gasteiger partial charge is 0.191 e. The number of aliphatic imine (C=N–C) groups is 1. The Bertz CT molecular complexity index is 630. The second kappa shape index (κ2) is 7.31. The van der Waals surface area contributed by atoms with Crippen molar-refractivity contribution < 1.29 is 4.74 Å². The normalized spacial score (nSPS) is 12.6. The zero-order valence-electron chi connectivity index (χ0n) is 13.9. The van der Waals surface area contributed by atoms with Crippen molar-refractivity contribution >= 4 is 16.9 Å². The van der Waals surface area contributed by atoms with Crippen LogP contribution < -0.4 is 10.6 Å². The van der Waals surface area contributed by atoms with Gasteiger partial charge in [0.15, 0.2) is 5.96 Å². The van der Waals surface area contributed by atoms with E-state index in [1.54, 1.807) is 14.2 Å². The Morgan fingerprint density at radius 2 is 2.05 bits per heavy atom. The number of nitrogens with zero attached hydrogens (tertiary/aromatic N) is 1. The first-order valence-corrected chi connectivity index (χ1v) is 7.60. The minimum Gasteiger partial charge on any atom is -0.377 e. The van der Waals surface area contributed by atoms with Gasteiger partial charge < -0.3 is 20.4 Å². The third-order valence-corrected chi connectivity index (χ3v) is 3.82. The number of hydrogen-bond donors (Lipinski definition) is 3. The lowest BCUT2D eigenvalue weighted by atomic mass is 10.1. The van der Waals surface area contributed by atoms with E-state index < -0.39 is 0 Å². The molecule has 0 aliphatic rings. The molecule has 0 fully saturated rings. The molecule has 0 aliphatic heterocycles. The van der Waals surface area contributed by atoms with E-state index in [0.717, 1.165) is 18.9 Å². The van der Waals surface area contributed by atoms with Crippen molar-refractivity contribution in [2.75, 3.05) is 27.2 Å². The van der Waals surface area contributed by atoms with Crippen LogP contribution in [0.1, 0.15) is 19.4 Å². The fraction of sp³-hybridized carbons (Fsp3) is 0.471. The Kier molecular flexibility index (Phi) is 5.44. The number of aromatic amines is 1. The summed E-state index contributed by atoms with van der Waals surface area (Å²) in [4.78, 5) is 7.54. The fourth-order valence-electron chi connectivity index (χ4n) is 2.24. The van der Waals surface area contributed by atoms with Crippen LogP contribution in [0.4, 0.5) is 0 Å². The molecule has 0 atom stereocenters. The van der Waals surface area contributed by atoms with Crippen molar-refractivity contribution in [2.24, 2.45) is 4.99 Å². The van der Waals surface area contributed by atoms with Gasteiger partial charge in [-0.3, -0.25) is 4.99 Å². The molecule has 0 amide bonds. The Morgan fingerprint density at radius 3 is 2.77 bits per heavy atom. The van der Waals surface area contributed by atoms with Crippen molar-refractivity contribution in [3.05, 3.63) is 36.0 Å². The molecule has 1 aromatic carbocycles. The fourth-order valence-corrected chi connectivity index (χ4v) is 2.24. The van der Waals surface area contributed by atoms with Gasteiger partial charge in [-0.15, -0.1) is 0 Å². The molecule has 22 heavy (non-hydrogen) atoms. The molecule has 5 heteroatoms. The summed E-state index contributed by atoms with van der Waals surface area (Å²) in [5.41, 5.74) is 2.28. The predicted molar refractivity (Wildman–Crippen MR) is 92.5 cm³/mol. The average molecular weight is 302 g/mol. The molecule has 0 unspecified atom stereocenters. The summed E-state index contributed by atoms with van der Waals surface area (Å²) in [6.07, 6.45) is 3.02. The SMILES string of the molecule is CN=C(NCCc1c[nH]c2ccccc12)NCC(C)(C)OC. The average Bonchev–Trinajstić information content (AvgIpc) is 2.94. The van der Waals surface area contributed by atoms with Crippen LogP contribution in [-0.4, -0.2) is 43.8 Å². The maximum atomic E-state index is 5.39. The van der Waals surface area contributed by atoms with Crippen molar-refractivity contribution in [3.63, 3.8) is 0 Å². The minimum atomic E-state index is -0.214. The minimum absolute atomic E-state index is 0.214. The lowest BCUT2D eigenvalue weighted by Crippen LogP contribution is -2.45. The number of fused-ring (bicyclic) bond motifs is 1. The highest BCUT2D eigenvalue weighted by Crippen LogP contribution is 2.17. The van der Waals surface area contributed by atoms with Crippen LogP contribution in [0.5, 0.6) is 0 Å². The molecule has 0 radical (unpaired) electrons. The molecular formula is C17H26N4O. The van der Waals surface area contributed by atoms with E-state index in [-0.39, 0.29) is 5.60 Å². The molecule has 0 saturated carbocycles. The number of para-hydroxylation sites is 1. The van der Waals surface area contributed by atoms with Gasteiger partial charge in [-0.1, -0.05) is 18.2 Å². The van der Waals surface area contributed by atoms with Crippen molar-refractivity contribution in [2.45, 2.75) is 25.9 Å². The summed E-state index contributed by atoms with van der Waals surface area (Å²) in [6.45, 7) is 5.61. The zero-order valence-corrected chi connectivity index (χ0v) is 13.9. The highest BCUT2D eigenvalue weighted by Gasteiger charge is 2.16. The van der Waals surface area contributed by atoms with E-state index in [0.29, 0.717) is 6.54 Å². The van der Waals surface area contributed by atoms with Gasteiger partial charge in [0.25, 0.3) is 0 Å². The first kappa shape index (κ1) is 16.4. The molecule has 5 nitrogen and oxygen atoms in total. The molecule has 1 heterocycles. The summed E-state index contributed by atoms with van der Waals surface area (Å²) in [5.74, 6) is 0.796. The van der Waals surface area contributed by atoms with Gasteiger partial charge in [-0.05, 0) is 31.9 Å². The van der Waals surface area contributed by atoms with Crippen molar-refractivity contribution in [3.8, 4) is 0 Å². The molecule has 1 aromatic heterocycles. The molecule has 3 N–H and O–H groups in total. The number of methoxy groups -OCH3 is 1. The lowest BCUT2D eigenvalue weighted by Gasteiger charge is -2.24. The standard InChI is InChI=1S/C17H26N4O/c1-17(2,22-4)12-21-16(18-3)19-10-9-13-11-20-15-8-6-5-7-14(13)15/h5-8,11,20H,9-10,12H2,1-4H3,(H2,18,19,21). The highest BCUT2D eigenvalue weighted by molar-refractivity contribution is 5.83. The molecule has 0 saturated heterocycles. The van der Waals surface area contributed by atoms with E-state index in [1.807, 2.05) is 19.9 Å². The third-order valence-electron chi connectivity index (χ3n) is 3.82. The van der Waals surface area contributed by atoms with Crippen LogP contribution in [0, 0.1) is 0 Å². The van der Waals surface area contributed by atoms with Gasteiger partial charge in [-0.2, -0.15) is 0 Å². The highest BCUT2D eigenvalue weighted by atomic mass is 16.5. The van der Waals surface area contributed by atoms with E-state index in [9.17, 15) is 0 Å². The topological polar surface area (TPSA) is 61.4 Å². The lowest BCUT2D eigenvalue weighted by molar-refractivity contribution is 0.0268. The van der Waals surface area contributed by atoms with Crippen molar-refractivity contribution in [1.82, 2.24) is 15.6 Å². The number of H-pyrrole nitrogens is 1. The van der Waals surface area contributed by atoms with Crippen LogP contribution in [0.25, 0.3) is 10.9 Å². The van der Waals surface area contributed by atoms with Gasteiger partial charge in [0.1, 0.15) is 0 Å². The van der Waals surface area contributed by atoms with Crippen LogP contribution in [0.3, 0.4) is 0 Å². The summed E-state index contributed by atoms with van der Waals surface area (Å²) in [5, 5.41) is 7.91. The molecule has 2 rings (SSSR count). The molecular weight excluding hydrogens is 276 g/mol. The largest absolute Gasteiger partial charge is 0.377 e. The molecule has 0 aliphatic carbocycles. The van der Waals surface area contributed by atoms with E-state index in [1.165, 1.54) is 16.5 Å². The van der Waals surface area contributed by atoms with Gasteiger partial charge in [-0.25, -0.2) is 0 Å². The first-order valence-electron chi connectivity index (χ1n) is 7.60. The quantitative estimate of drug-likeness (QED) is 0.567. The Labute approximate surface area is 132 Å². The summed E-state index contributed by atoms with van der Waals surface area (Å²) >= 11 is 0. The van der Waals surface area contributed by atoms with Crippen LogP contribution >= 0.6 is 0 Å². The number of aromatic nitrogens is 1. The Balaban J connectivity index is 1.84. The maximum Gasteiger partial charge on any atom is 0.191 e.